The Labute approximate surface area is 141 Å². The Morgan fingerprint density at radius 3 is 2.76 bits per heavy atom. The van der Waals surface area contributed by atoms with Crippen molar-refractivity contribution in [1.29, 1.82) is 0 Å². The molecule has 0 saturated carbocycles. The maximum atomic E-state index is 9.90. The van der Waals surface area contributed by atoms with Crippen molar-refractivity contribution >= 4 is 35.0 Å². The summed E-state index contributed by atoms with van der Waals surface area (Å²) in [6, 6.07) is 5.45. The van der Waals surface area contributed by atoms with Crippen LogP contribution in [0.4, 0.5) is 0 Å². The molecule has 21 heavy (non-hydrogen) atoms. The van der Waals surface area contributed by atoms with Crippen molar-refractivity contribution in [2.24, 2.45) is 0 Å². The van der Waals surface area contributed by atoms with Gasteiger partial charge in [-0.25, -0.2) is 0 Å². The number of hydrogen-bond acceptors (Lipinski definition) is 4. The number of rotatable bonds is 10. The minimum absolute atomic E-state index is 0.224. The summed E-state index contributed by atoms with van der Waals surface area (Å²) in [5.41, 5.74) is 0. The number of halogens is 2. The van der Waals surface area contributed by atoms with Crippen molar-refractivity contribution in [1.82, 2.24) is 5.32 Å². The van der Waals surface area contributed by atoms with Crippen LogP contribution in [0.1, 0.15) is 20.3 Å². The van der Waals surface area contributed by atoms with E-state index in [1.165, 1.54) is 0 Å². The summed E-state index contributed by atoms with van der Waals surface area (Å²) in [6.07, 6.45) is 0.541. The molecule has 2 unspecified atom stereocenters. The van der Waals surface area contributed by atoms with Crippen LogP contribution in [0.2, 0.25) is 10.0 Å². The van der Waals surface area contributed by atoms with Gasteiger partial charge in [0.25, 0.3) is 0 Å². The third-order valence-corrected chi connectivity index (χ3v) is 4.61. The van der Waals surface area contributed by atoms with Crippen LogP contribution < -0.4 is 10.1 Å². The molecular weight excluding hydrogens is 329 g/mol. The molecule has 2 atom stereocenters. The second kappa shape index (κ2) is 10.6. The normalized spacial score (nSPS) is 14.0. The number of thioether (sulfide) groups is 1. The molecule has 1 aromatic rings. The second-order valence-electron chi connectivity index (χ2n) is 4.84. The quantitative estimate of drug-likeness (QED) is 0.628. The number of hydrogen-bond donors (Lipinski definition) is 2. The lowest BCUT2D eigenvalue weighted by Gasteiger charge is -2.17. The predicted molar refractivity (Wildman–Crippen MR) is 93.0 cm³/mol. The summed E-state index contributed by atoms with van der Waals surface area (Å²) in [5.74, 6) is 2.89. The highest BCUT2D eigenvalue weighted by Crippen LogP contribution is 2.26. The van der Waals surface area contributed by atoms with E-state index in [0.29, 0.717) is 28.4 Å². The number of aliphatic hydroxyl groups excluding tert-OH is 1. The van der Waals surface area contributed by atoms with E-state index >= 15 is 0 Å². The van der Waals surface area contributed by atoms with E-state index in [4.69, 9.17) is 27.9 Å². The fourth-order valence-electron chi connectivity index (χ4n) is 1.66. The standard InChI is InChI=1S/C15H23Cl2NO2S/c1-3-21-7-6-11(2)18-9-12(19)10-20-13-4-5-14(16)15(17)8-13/h4-5,8,11-12,18-19H,3,6-7,9-10H2,1-2H3. The van der Waals surface area contributed by atoms with Gasteiger partial charge in [0.05, 0.1) is 10.0 Å². The number of benzene rings is 1. The molecule has 3 nitrogen and oxygen atoms in total. The van der Waals surface area contributed by atoms with Crippen LogP contribution in [0, 0.1) is 0 Å². The first kappa shape index (κ1) is 18.9. The molecule has 1 aromatic carbocycles. The molecule has 2 N–H and O–H groups in total. The maximum Gasteiger partial charge on any atom is 0.121 e. The zero-order valence-corrected chi connectivity index (χ0v) is 14.8. The largest absolute Gasteiger partial charge is 0.491 e. The highest BCUT2D eigenvalue weighted by Gasteiger charge is 2.09. The van der Waals surface area contributed by atoms with Crippen molar-refractivity contribution in [3.63, 3.8) is 0 Å². The van der Waals surface area contributed by atoms with Crippen LogP contribution in [0.15, 0.2) is 18.2 Å². The average molecular weight is 352 g/mol. The van der Waals surface area contributed by atoms with Gasteiger partial charge in [0, 0.05) is 18.7 Å². The van der Waals surface area contributed by atoms with Gasteiger partial charge in [-0.3, -0.25) is 0 Å². The Hall–Kier alpha value is -0.130. The fraction of sp³-hybridized carbons (Fsp3) is 0.600. The molecule has 0 aliphatic rings. The van der Waals surface area contributed by atoms with E-state index < -0.39 is 6.10 Å². The molecule has 0 saturated heterocycles. The van der Waals surface area contributed by atoms with E-state index in [-0.39, 0.29) is 6.61 Å². The zero-order chi connectivity index (χ0) is 15.7. The lowest BCUT2D eigenvalue weighted by atomic mass is 10.2. The summed E-state index contributed by atoms with van der Waals surface area (Å²) >= 11 is 13.7. The molecule has 0 aliphatic carbocycles. The van der Waals surface area contributed by atoms with Gasteiger partial charge in [0.15, 0.2) is 0 Å². The predicted octanol–water partition coefficient (Wildman–Crippen LogP) is 3.85. The Kier molecular flexibility index (Phi) is 9.52. The monoisotopic (exact) mass is 351 g/mol. The summed E-state index contributed by atoms with van der Waals surface area (Å²) in [5, 5.41) is 14.1. The maximum absolute atomic E-state index is 9.90. The van der Waals surface area contributed by atoms with Gasteiger partial charge in [-0.2, -0.15) is 11.8 Å². The van der Waals surface area contributed by atoms with Gasteiger partial charge >= 0.3 is 0 Å². The lowest BCUT2D eigenvalue weighted by molar-refractivity contribution is 0.104. The van der Waals surface area contributed by atoms with Gasteiger partial charge < -0.3 is 15.2 Å². The van der Waals surface area contributed by atoms with Crippen LogP contribution in [-0.4, -0.2) is 41.9 Å². The van der Waals surface area contributed by atoms with Crippen molar-refractivity contribution in [3.8, 4) is 5.75 Å². The molecular formula is C15H23Cl2NO2S. The molecule has 0 amide bonds. The van der Waals surface area contributed by atoms with Gasteiger partial charge in [0.2, 0.25) is 0 Å². The van der Waals surface area contributed by atoms with Crippen molar-refractivity contribution in [3.05, 3.63) is 28.2 Å². The van der Waals surface area contributed by atoms with E-state index in [9.17, 15) is 5.11 Å². The molecule has 0 aliphatic heterocycles. The second-order valence-corrected chi connectivity index (χ2v) is 7.04. The SMILES string of the molecule is CCSCCC(C)NCC(O)COc1ccc(Cl)c(Cl)c1. The molecule has 120 valence electrons. The third-order valence-electron chi connectivity index (χ3n) is 2.93. The van der Waals surface area contributed by atoms with Crippen LogP contribution >= 0.6 is 35.0 Å². The Morgan fingerprint density at radius 1 is 1.33 bits per heavy atom. The van der Waals surface area contributed by atoms with E-state index in [2.05, 4.69) is 19.2 Å². The summed E-state index contributed by atoms with van der Waals surface area (Å²) < 4.78 is 5.50. The summed E-state index contributed by atoms with van der Waals surface area (Å²) in [6.45, 7) is 5.02. The third kappa shape index (κ3) is 8.17. The first-order valence-electron chi connectivity index (χ1n) is 7.10. The van der Waals surface area contributed by atoms with Gasteiger partial charge in [-0.05, 0) is 37.0 Å². The molecule has 0 bridgehead atoms. The van der Waals surface area contributed by atoms with Gasteiger partial charge in [-0.15, -0.1) is 0 Å². The van der Waals surface area contributed by atoms with Crippen LogP contribution in [-0.2, 0) is 0 Å². The number of ether oxygens (including phenoxy) is 1. The van der Waals surface area contributed by atoms with Crippen LogP contribution in [0.5, 0.6) is 5.75 Å². The van der Waals surface area contributed by atoms with Crippen molar-refractivity contribution in [2.45, 2.75) is 32.4 Å². The number of nitrogens with one attached hydrogen (secondary N) is 1. The lowest BCUT2D eigenvalue weighted by Crippen LogP contribution is -2.36. The average Bonchev–Trinajstić information content (AvgIpc) is 2.46. The molecule has 1 rings (SSSR count). The Balaban J connectivity index is 2.21. The number of aliphatic hydroxyl groups is 1. The zero-order valence-electron chi connectivity index (χ0n) is 12.4. The summed E-state index contributed by atoms with van der Waals surface area (Å²) in [4.78, 5) is 0. The first-order chi connectivity index (χ1) is 10.0. The molecule has 6 heteroatoms. The molecule has 0 spiro atoms. The molecule has 0 fully saturated rings. The van der Waals surface area contributed by atoms with Gasteiger partial charge in [0.1, 0.15) is 18.5 Å². The molecule has 0 radical (unpaired) electrons. The highest BCUT2D eigenvalue weighted by atomic mass is 35.5. The minimum atomic E-state index is -0.555. The Bertz CT molecular complexity index is 421. The highest BCUT2D eigenvalue weighted by molar-refractivity contribution is 7.99. The molecule has 0 heterocycles. The summed E-state index contributed by atoms with van der Waals surface area (Å²) in [7, 11) is 0. The Morgan fingerprint density at radius 2 is 2.10 bits per heavy atom. The minimum Gasteiger partial charge on any atom is -0.491 e. The molecule has 0 aromatic heterocycles. The topological polar surface area (TPSA) is 41.5 Å². The van der Waals surface area contributed by atoms with Gasteiger partial charge in [-0.1, -0.05) is 30.1 Å². The van der Waals surface area contributed by atoms with E-state index in [0.717, 1.165) is 17.9 Å². The van der Waals surface area contributed by atoms with E-state index in [1.54, 1.807) is 18.2 Å². The van der Waals surface area contributed by atoms with Crippen LogP contribution in [0.3, 0.4) is 0 Å². The smallest absolute Gasteiger partial charge is 0.121 e. The van der Waals surface area contributed by atoms with Crippen LogP contribution in [0.25, 0.3) is 0 Å². The fourth-order valence-corrected chi connectivity index (χ4v) is 2.76. The van der Waals surface area contributed by atoms with Crippen molar-refractivity contribution < 1.29 is 9.84 Å². The van der Waals surface area contributed by atoms with E-state index in [1.807, 2.05) is 11.8 Å². The van der Waals surface area contributed by atoms with Crippen molar-refractivity contribution in [2.75, 3.05) is 24.7 Å². The first-order valence-corrected chi connectivity index (χ1v) is 9.01.